The fraction of sp³-hybridized carbons (Fsp3) is 0.714. The molecule has 0 aliphatic carbocycles. The number of halogens is 2. The maximum atomic E-state index is 11.7. The Kier molecular flexibility index (Phi) is 3.77. The predicted molar refractivity (Wildman–Crippen MR) is 42.0 cm³/mol. The first kappa shape index (κ1) is 11.8. The fourth-order valence-corrected chi connectivity index (χ4v) is 0.472. The van der Waals surface area contributed by atoms with Gasteiger partial charge in [-0.2, -0.15) is 8.78 Å². The van der Waals surface area contributed by atoms with E-state index in [-0.39, 0.29) is 6.54 Å². The molecule has 0 atom stereocenters. The smallest absolute Gasteiger partial charge is 0.315 e. The lowest BCUT2D eigenvalue weighted by molar-refractivity contribution is -0.133. The van der Waals surface area contributed by atoms with E-state index in [1.807, 2.05) is 5.32 Å². The van der Waals surface area contributed by atoms with Crippen molar-refractivity contribution in [3.63, 3.8) is 0 Å². The monoisotopic (exact) mass is 194 g/mol. The molecule has 0 bridgehead atoms. The van der Waals surface area contributed by atoms with Crippen molar-refractivity contribution in [2.45, 2.75) is 20.3 Å². The van der Waals surface area contributed by atoms with Crippen LogP contribution in [0, 0.1) is 5.41 Å². The second-order valence-corrected chi connectivity index (χ2v) is 3.27. The van der Waals surface area contributed by atoms with Gasteiger partial charge in [-0.05, 0) is 13.8 Å². The largest absolute Gasteiger partial charge is 0.369 e. The molecule has 0 aromatic heterocycles. The van der Waals surface area contributed by atoms with Gasteiger partial charge in [0, 0.05) is 6.54 Å². The van der Waals surface area contributed by atoms with E-state index >= 15 is 0 Å². The van der Waals surface area contributed by atoms with Gasteiger partial charge in [0.15, 0.2) is 0 Å². The highest BCUT2D eigenvalue weighted by Gasteiger charge is 2.26. The van der Waals surface area contributed by atoms with Crippen molar-refractivity contribution in [2.24, 2.45) is 11.1 Å². The van der Waals surface area contributed by atoms with Crippen LogP contribution in [0.1, 0.15) is 13.8 Å². The van der Waals surface area contributed by atoms with Crippen LogP contribution in [0.5, 0.6) is 0 Å². The molecule has 0 aromatic carbocycles. The molecule has 0 saturated carbocycles. The van der Waals surface area contributed by atoms with Crippen LogP contribution < -0.4 is 11.1 Å². The minimum absolute atomic E-state index is 0.189. The van der Waals surface area contributed by atoms with E-state index in [1.54, 1.807) is 0 Å². The van der Waals surface area contributed by atoms with Crippen molar-refractivity contribution in [1.29, 1.82) is 0 Å². The third kappa shape index (κ3) is 3.82. The SMILES string of the molecule is CC(C)(CNC(=O)C(F)F)C(N)=O. The molecule has 0 fully saturated rings. The highest BCUT2D eigenvalue weighted by Crippen LogP contribution is 2.11. The van der Waals surface area contributed by atoms with Crippen LogP contribution in [0.3, 0.4) is 0 Å². The summed E-state index contributed by atoms with van der Waals surface area (Å²) in [7, 11) is 0. The van der Waals surface area contributed by atoms with E-state index in [1.165, 1.54) is 13.8 Å². The van der Waals surface area contributed by atoms with E-state index in [0.717, 1.165) is 0 Å². The van der Waals surface area contributed by atoms with E-state index in [2.05, 4.69) is 0 Å². The summed E-state index contributed by atoms with van der Waals surface area (Å²) < 4.78 is 23.4. The molecule has 13 heavy (non-hydrogen) atoms. The summed E-state index contributed by atoms with van der Waals surface area (Å²) in [6.07, 6.45) is -3.07. The van der Waals surface area contributed by atoms with E-state index in [9.17, 15) is 18.4 Å². The number of hydrogen-bond donors (Lipinski definition) is 2. The molecule has 0 spiro atoms. The normalized spacial score (nSPS) is 11.5. The minimum Gasteiger partial charge on any atom is -0.369 e. The van der Waals surface area contributed by atoms with Gasteiger partial charge in [-0.25, -0.2) is 0 Å². The molecule has 0 rings (SSSR count). The number of nitrogens with two attached hydrogens (primary N) is 1. The molecule has 3 N–H and O–H groups in total. The van der Waals surface area contributed by atoms with Gasteiger partial charge < -0.3 is 11.1 Å². The Hall–Kier alpha value is -1.20. The Morgan fingerprint density at radius 2 is 1.92 bits per heavy atom. The van der Waals surface area contributed by atoms with Gasteiger partial charge in [0.25, 0.3) is 5.91 Å². The zero-order valence-corrected chi connectivity index (χ0v) is 7.43. The molecule has 0 saturated heterocycles. The van der Waals surface area contributed by atoms with Crippen LogP contribution >= 0.6 is 0 Å². The molecule has 6 heteroatoms. The Morgan fingerprint density at radius 3 is 2.23 bits per heavy atom. The summed E-state index contributed by atoms with van der Waals surface area (Å²) >= 11 is 0. The number of amides is 2. The standard InChI is InChI=1S/C7H12F2N2O2/c1-7(2,6(10)13)3-11-5(12)4(8)9/h4H,3H2,1-2H3,(H2,10,13)(H,11,12). The molecule has 0 aromatic rings. The lowest BCUT2D eigenvalue weighted by Crippen LogP contribution is -2.43. The second-order valence-electron chi connectivity index (χ2n) is 3.27. The molecule has 0 unspecified atom stereocenters. The summed E-state index contributed by atoms with van der Waals surface area (Å²) in [5.74, 6) is -2.05. The van der Waals surface area contributed by atoms with Crippen molar-refractivity contribution in [3.8, 4) is 0 Å². The van der Waals surface area contributed by atoms with Crippen LogP contribution in [-0.2, 0) is 9.59 Å². The zero-order valence-electron chi connectivity index (χ0n) is 7.43. The molecule has 0 radical (unpaired) electrons. The third-order valence-electron chi connectivity index (χ3n) is 1.57. The average molecular weight is 194 g/mol. The van der Waals surface area contributed by atoms with Gasteiger partial charge in [-0.3, -0.25) is 9.59 Å². The van der Waals surface area contributed by atoms with Crippen molar-refractivity contribution >= 4 is 11.8 Å². The first-order valence-electron chi connectivity index (χ1n) is 3.63. The Morgan fingerprint density at radius 1 is 1.46 bits per heavy atom. The lowest BCUT2D eigenvalue weighted by atomic mass is 9.93. The van der Waals surface area contributed by atoms with Gasteiger partial charge in [-0.1, -0.05) is 0 Å². The predicted octanol–water partition coefficient (Wildman–Crippen LogP) is -0.121. The van der Waals surface area contributed by atoms with Crippen molar-refractivity contribution in [1.82, 2.24) is 5.32 Å². The van der Waals surface area contributed by atoms with E-state index < -0.39 is 23.7 Å². The number of alkyl halides is 2. The summed E-state index contributed by atoms with van der Waals surface area (Å²) in [6.45, 7) is 2.73. The lowest BCUT2D eigenvalue weighted by Gasteiger charge is -2.20. The molecule has 0 heterocycles. The molecule has 2 amide bonds. The summed E-state index contributed by atoms with van der Waals surface area (Å²) in [4.78, 5) is 21.1. The number of nitrogens with one attached hydrogen (secondary N) is 1. The van der Waals surface area contributed by atoms with Gasteiger partial charge >= 0.3 is 6.43 Å². The molecule has 4 nitrogen and oxygen atoms in total. The minimum atomic E-state index is -3.07. The van der Waals surface area contributed by atoms with Crippen LogP contribution in [0.4, 0.5) is 8.78 Å². The second kappa shape index (κ2) is 4.15. The highest BCUT2D eigenvalue weighted by atomic mass is 19.3. The number of carbonyl (C=O) groups is 2. The van der Waals surface area contributed by atoms with Gasteiger partial charge in [0.2, 0.25) is 5.91 Å². The van der Waals surface area contributed by atoms with E-state index in [0.29, 0.717) is 0 Å². The first-order valence-corrected chi connectivity index (χ1v) is 3.63. The Balaban J connectivity index is 4.03. The van der Waals surface area contributed by atoms with Gasteiger partial charge in [-0.15, -0.1) is 0 Å². The van der Waals surface area contributed by atoms with Crippen LogP contribution in [0.2, 0.25) is 0 Å². The summed E-state index contributed by atoms with van der Waals surface area (Å²) in [5, 5.41) is 1.91. The molecular formula is C7H12F2N2O2. The number of carbonyl (C=O) groups excluding carboxylic acids is 2. The molecule has 0 aliphatic rings. The van der Waals surface area contributed by atoms with Crippen molar-refractivity contribution in [2.75, 3.05) is 6.54 Å². The highest BCUT2D eigenvalue weighted by molar-refractivity contribution is 5.83. The van der Waals surface area contributed by atoms with Crippen LogP contribution in [0.25, 0.3) is 0 Å². The Bertz CT molecular complexity index is 217. The maximum absolute atomic E-state index is 11.7. The van der Waals surface area contributed by atoms with Crippen molar-refractivity contribution < 1.29 is 18.4 Å². The van der Waals surface area contributed by atoms with Crippen LogP contribution in [-0.4, -0.2) is 24.8 Å². The number of rotatable bonds is 4. The Labute approximate surface area is 74.5 Å². The summed E-state index contributed by atoms with van der Waals surface area (Å²) in [6, 6.07) is 0. The number of primary amides is 1. The van der Waals surface area contributed by atoms with Crippen LogP contribution in [0.15, 0.2) is 0 Å². The quantitative estimate of drug-likeness (QED) is 0.654. The zero-order chi connectivity index (χ0) is 10.6. The topological polar surface area (TPSA) is 72.2 Å². The average Bonchev–Trinajstić information content (AvgIpc) is 1.99. The van der Waals surface area contributed by atoms with E-state index in [4.69, 9.17) is 5.73 Å². The first-order chi connectivity index (χ1) is 5.77. The molecule has 76 valence electrons. The van der Waals surface area contributed by atoms with Gasteiger partial charge in [0.05, 0.1) is 5.41 Å². The summed E-state index contributed by atoms with van der Waals surface area (Å²) in [5.41, 5.74) is 3.95. The molecular weight excluding hydrogens is 182 g/mol. The third-order valence-corrected chi connectivity index (χ3v) is 1.57. The maximum Gasteiger partial charge on any atom is 0.315 e. The fourth-order valence-electron chi connectivity index (χ4n) is 0.472. The van der Waals surface area contributed by atoms with Crippen molar-refractivity contribution in [3.05, 3.63) is 0 Å². The van der Waals surface area contributed by atoms with Gasteiger partial charge in [0.1, 0.15) is 0 Å². The number of hydrogen-bond acceptors (Lipinski definition) is 2. The molecule has 0 aliphatic heterocycles.